The minimum Gasteiger partial charge on any atom is -0.299 e. The summed E-state index contributed by atoms with van der Waals surface area (Å²) < 4.78 is 0. The van der Waals surface area contributed by atoms with E-state index in [1.807, 2.05) is 41.5 Å². The van der Waals surface area contributed by atoms with Gasteiger partial charge in [0.15, 0.2) is 11.6 Å². The van der Waals surface area contributed by atoms with Crippen molar-refractivity contribution in [2.45, 2.75) is 106 Å². The molecule has 0 aliphatic heterocycles. The van der Waals surface area contributed by atoms with E-state index >= 15 is 0 Å². The fraction of sp³-hybridized carbons (Fsp3) is 0.769. The highest BCUT2D eigenvalue weighted by Gasteiger charge is 2.68. The van der Waals surface area contributed by atoms with E-state index in [4.69, 9.17) is 0 Å². The van der Waals surface area contributed by atoms with Crippen molar-refractivity contribution in [1.29, 1.82) is 0 Å². The number of carbonyl (C=O) groups excluding carboxylic acids is 6. The van der Waals surface area contributed by atoms with Crippen LogP contribution in [-0.4, -0.2) is 34.7 Å². The molecule has 0 bridgehead atoms. The molecule has 0 radical (unpaired) electrons. The van der Waals surface area contributed by atoms with Gasteiger partial charge in [-0.1, -0.05) is 48.5 Å². The van der Waals surface area contributed by atoms with Crippen molar-refractivity contribution in [2.24, 2.45) is 22.2 Å². The quantitative estimate of drug-likeness (QED) is 0.415. The van der Waals surface area contributed by atoms with Crippen LogP contribution in [0.25, 0.3) is 0 Å². The largest absolute Gasteiger partial charge is 0.299 e. The molecule has 0 spiro atoms. The second-order valence-corrected chi connectivity index (χ2v) is 9.07. The molecule has 32 heavy (non-hydrogen) atoms. The molecule has 0 aromatic rings. The molecular formula is C26H40O6. The van der Waals surface area contributed by atoms with Crippen LogP contribution in [0, 0.1) is 22.2 Å². The van der Waals surface area contributed by atoms with Crippen molar-refractivity contribution in [3.8, 4) is 0 Å². The average Bonchev–Trinajstić information content (AvgIpc) is 2.81. The standard InChI is InChI=1S/C18H30O3.C8H10O3/c1-7-16(8-2)13(19)14(20)17(9-3,10-4)18(11-5,12-6)15(16)21;1-2-5-6(9)3-4-7(10)8(5)11/h7-12H2,1-6H3;5H,2-4H2,1H3. The Labute approximate surface area is 192 Å². The summed E-state index contributed by atoms with van der Waals surface area (Å²) in [5.41, 5.74) is -2.58. The number of carbonyl (C=O) groups is 6. The van der Waals surface area contributed by atoms with Crippen LogP contribution in [0.4, 0.5) is 0 Å². The van der Waals surface area contributed by atoms with Gasteiger partial charge in [0, 0.05) is 23.7 Å². The molecule has 2 aliphatic rings. The highest BCUT2D eigenvalue weighted by Crippen LogP contribution is 2.59. The van der Waals surface area contributed by atoms with Crippen LogP contribution in [0.5, 0.6) is 0 Å². The zero-order valence-corrected chi connectivity index (χ0v) is 20.9. The number of hydrogen-bond acceptors (Lipinski definition) is 6. The van der Waals surface area contributed by atoms with Crippen molar-refractivity contribution in [3.05, 3.63) is 0 Å². The first kappa shape index (κ1) is 28.1. The summed E-state index contributed by atoms with van der Waals surface area (Å²) in [6.07, 6.45) is 4.07. The van der Waals surface area contributed by atoms with Crippen LogP contribution < -0.4 is 0 Å². The minimum absolute atomic E-state index is 0.0262. The second-order valence-electron chi connectivity index (χ2n) is 9.07. The Hall–Kier alpha value is -1.98. The second kappa shape index (κ2) is 10.8. The van der Waals surface area contributed by atoms with E-state index in [1.54, 1.807) is 6.92 Å². The highest BCUT2D eigenvalue weighted by atomic mass is 16.2. The lowest BCUT2D eigenvalue weighted by Gasteiger charge is -2.55. The first-order chi connectivity index (χ1) is 15.0. The molecular weight excluding hydrogens is 408 g/mol. The fourth-order valence-electron chi connectivity index (χ4n) is 6.11. The third-order valence-corrected chi connectivity index (χ3v) is 8.47. The summed E-state index contributed by atoms with van der Waals surface area (Å²) >= 11 is 0. The fourth-order valence-corrected chi connectivity index (χ4v) is 6.11. The van der Waals surface area contributed by atoms with E-state index in [1.165, 1.54) is 0 Å². The zero-order chi connectivity index (χ0) is 24.9. The van der Waals surface area contributed by atoms with Gasteiger partial charge in [0.1, 0.15) is 5.78 Å². The molecule has 0 heterocycles. The number of hydrogen-bond donors (Lipinski definition) is 0. The number of rotatable bonds is 7. The third kappa shape index (κ3) is 3.94. The Kier molecular flexibility index (Phi) is 9.43. The molecule has 0 aromatic carbocycles. The van der Waals surface area contributed by atoms with Gasteiger partial charge in [-0.15, -0.1) is 0 Å². The van der Waals surface area contributed by atoms with E-state index in [-0.39, 0.29) is 36.0 Å². The Morgan fingerprint density at radius 2 is 1.09 bits per heavy atom. The van der Waals surface area contributed by atoms with Gasteiger partial charge in [-0.2, -0.15) is 0 Å². The van der Waals surface area contributed by atoms with Gasteiger partial charge >= 0.3 is 0 Å². The SMILES string of the molecule is CCC1(CC)C(=O)C(=O)C(CC)(CC)C(CC)(CC)C1=O.CCC1C(=O)CCC(=O)C1=O. The summed E-state index contributed by atoms with van der Waals surface area (Å²) in [5, 5.41) is 0. The molecule has 1 unspecified atom stereocenters. The monoisotopic (exact) mass is 448 g/mol. The zero-order valence-electron chi connectivity index (χ0n) is 20.9. The van der Waals surface area contributed by atoms with Crippen molar-refractivity contribution in [1.82, 2.24) is 0 Å². The smallest absolute Gasteiger partial charge is 0.212 e. The Balaban J connectivity index is 0.000000389. The predicted octanol–water partition coefficient (Wildman–Crippen LogP) is 4.64. The molecule has 6 nitrogen and oxygen atoms in total. The van der Waals surface area contributed by atoms with Gasteiger partial charge in [0.2, 0.25) is 17.3 Å². The molecule has 2 rings (SSSR count). The number of Topliss-reactive ketones (excluding diaryl/α,β-unsaturated/α-hetero) is 6. The van der Waals surface area contributed by atoms with E-state index in [0.717, 1.165) is 0 Å². The molecule has 2 aliphatic carbocycles. The maximum absolute atomic E-state index is 13.4. The van der Waals surface area contributed by atoms with Gasteiger partial charge in [-0.05, 0) is 44.9 Å². The average molecular weight is 449 g/mol. The summed E-state index contributed by atoms with van der Waals surface area (Å²) in [6.45, 7) is 13.3. The van der Waals surface area contributed by atoms with E-state index in [0.29, 0.717) is 44.9 Å². The summed E-state index contributed by atoms with van der Waals surface area (Å²) in [4.78, 5) is 72.0. The third-order valence-electron chi connectivity index (χ3n) is 8.47. The molecule has 0 aromatic heterocycles. The van der Waals surface area contributed by atoms with Crippen LogP contribution in [-0.2, 0) is 28.8 Å². The molecule has 2 saturated carbocycles. The Bertz CT molecular complexity index is 778. The van der Waals surface area contributed by atoms with Crippen LogP contribution in [0.3, 0.4) is 0 Å². The van der Waals surface area contributed by atoms with Gasteiger partial charge in [-0.3, -0.25) is 28.8 Å². The van der Waals surface area contributed by atoms with Crippen molar-refractivity contribution in [2.75, 3.05) is 0 Å². The first-order valence-corrected chi connectivity index (χ1v) is 12.2. The van der Waals surface area contributed by atoms with Crippen LogP contribution in [0.1, 0.15) is 106 Å². The van der Waals surface area contributed by atoms with Crippen LogP contribution in [0.2, 0.25) is 0 Å². The van der Waals surface area contributed by atoms with E-state index in [9.17, 15) is 28.8 Å². The van der Waals surface area contributed by atoms with Gasteiger partial charge in [0.05, 0.1) is 11.3 Å². The van der Waals surface area contributed by atoms with Gasteiger partial charge in [-0.25, -0.2) is 0 Å². The molecule has 0 amide bonds. The Morgan fingerprint density at radius 1 is 0.625 bits per heavy atom. The van der Waals surface area contributed by atoms with Gasteiger partial charge in [0.25, 0.3) is 0 Å². The lowest BCUT2D eigenvalue weighted by atomic mass is 9.44. The lowest BCUT2D eigenvalue weighted by molar-refractivity contribution is -0.176. The van der Waals surface area contributed by atoms with Crippen LogP contribution >= 0.6 is 0 Å². The summed E-state index contributed by atoms with van der Waals surface area (Å²) in [7, 11) is 0. The van der Waals surface area contributed by atoms with Crippen molar-refractivity contribution >= 4 is 34.7 Å². The summed E-state index contributed by atoms with van der Waals surface area (Å²) in [5.74, 6) is -2.26. The summed E-state index contributed by atoms with van der Waals surface area (Å²) in [6, 6.07) is 0. The van der Waals surface area contributed by atoms with Gasteiger partial charge < -0.3 is 0 Å². The predicted molar refractivity (Wildman–Crippen MR) is 122 cm³/mol. The van der Waals surface area contributed by atoms with E-state index in [2.05, 4.69) is 0 Å². The topological polar surface area (TPSA) is 102 Å². The van der Waals surface area contributed by atoms with Crippen LogP contribution in [0.15, 0.2) is 0 Å². The Morgan fingerprint density at radius 3 is 1.44 bits per heavy atom. The van der Waals surface area contributed by atoms with Crippen molar-refractivity contribution < 1.29 is 28.8 Å². The normalized spacial score (nSPS) is 24.3. The minimum atomic E-state index is -1.09. The molecule has 0 saturated heterocycles. The molecule has 0 N–H and O–H groups in total. The van der Waals surface area contributed by atoms with Crippen molar-refractivity contribution in [3.63, 3.8) is 0 Å². The maximum Gasteiger partial charge on any atom is 0.212 e. The maximum atomic E-state index is 13.4. The highest BCUT2D eigenvalue weighted by molar-refractivity contribution is 6.48. The first-order valence-electron chi connectivity index (χ1n) is 12.2. The molecule has 1 atom stereocenters. The van der Waals surface area contributed by atoms with E-state index < -0.39 is 33.7 Å². The molecule has 6 heteroatoms. The molecule has 2 fully saturated rings. The number of ketones is 6. The molecule has 180 valence electrons. The lowest BCUT2D eigenvalue weighted by Crippen LogP contribution is -2.66.